The van der Waals surface area contributed by atoms with Gasteiger partial charge in [0.15, 0.2) is 0 Å². The molecule has 6 nitrogen and oxygen atoms in total. The van der Waals surface area contributed by atoms with E-state index in [9.17, 15) is 18.5 Å². The fourth-order valence-corrected chi connectivity index (χ4v) is 3.07. The highest BCUT2D eigenvalue weighted by Gasteiger charge is 2.20. The van der Waals surface area contributed by atoms with Crippen LogP contribution in [-0.4, -0.2) is 18.9 Å². The first-order valence-electron chi connectivity index (χ1n) is 5.34. The van der Waals surface area contributed by atoms with Gasteiger partial charge in [0, 0.05) is 17.7 Å². The minimum absolute atomic E-state index is 0.0556. The number of non-ortho nitro benzene ring substituents is 1. The van der Waals surface area contributed by atoms with Gasteiger partial charge in [0.2, 0.25) is 10.0 Å². The Kier molecular flexibility index (Phi) is 4.08. The molecule has 1 aromatic carbocycles. The lowest BCUT2D eigenvalue weighted by Gasteiger charge is -2.20. The second kappa shape index (κ2) is 5.03. The monoisotopic (exact) mass is 272 g/mol. The first-order valence-corrected chi connectivity index (χ1v) is 6.99. The van der Waals surface area contributed by atoms with Gasteiger partial charge in [0.25, 0.3) is 5.69 Å². The first kappa shape index (κ1) is 14.6. The molecule has 0 aromatic heterocycles. The van der Waals surface area contributed by atoms with E-state index >= 15 is 0 Å². The molecule has 0 saturated heterocycles. The number of sulfonamides is 1. The zero-order chi connectivity index (χ0) is 14.0. The normalized spacial score (nSPS) is 12.4. The van der Waals surface area contributed by atoms with Crippen LogP contribution in [0.5, 0.6) is 0 Å². The number of nitrogens with zero attached hydrogens (tertiary/aromatic N) is 1. The molecule has 0 radical (unpaired) electrons. The van der Waals surface area contributed by atoms with Gasteiger partial charge in [-0.3, -0.25) is 10.1 Å². The SMILES string of the molecule is CC(C)(C)NS(=O)(=O)Cc1ccc([N+](=O)[O-])cc1. The summed E-state index contributed by atoms with van der Waals surface area (Å²) in [5.41, 5.74) is -0.0862. The van der Waals surface area contributed by atoms with Crippen molar-refractivity contribution in [3.63, 3.8) is 0 Å². The summed E-state index contributed by atoms with van der Waals surface area (Å²) in [6, 6.07) is 5.48. The highest BCUT2D eigenvalue weighted by Crippen LogP contribution is 2.14. The molecule has 7 heteroatoms. The summed E-state index contributed by atoms with van der Waals surface area (Å²) < 4.78 is 26.1. The fraction of sp³-hybridized carbons (Fsp3) is 0.455. The van der Waals surface area contributed by atoms with Crippen molar-refractivity contribution < 1.29 is 13.3 Å². The van der Waals surface area contributed by atoms with Crippen molar-refractivity contribution in [2.24, 2.45) is 0 Å². The number of nitro benzene ring substituents is 1. The lowest BCUT2D eigenvalue weighted by atomic mass is 10.1. The van der Waals surface area contributed by atoms with Crippen LogP contribution in [0.3, 0.4) is 0 Å². The van der Waals surface area contributed by atoms with E-state index in [2.05, 4.69) is 4.72 Å². The molecule has 0 bridgehead atoms. The molecule has 1 N–H and O–H groups in total. The predicted octanol–water partition coefficient (Wildman–Crippen LogP) is 1.81. The van der Waals surface area contributed by atoms with E-state index in [1.807, 2.05) is 0 Å². The summed E-state index contributed by atoms with van der Waals surface area (Å²) >= 11 is 0. The van der Waals surface area contributed by atoms with Crippen LogP contribution in [0.4, 0.5) is 5.69 Å². The van der Waals surface area contributed by atoms with Gasteiger partial charge < -0.3 is 0 Å². The largest absolute Gasteiger partial charge is 0.269 e. The van der Waals surface area contributed by atoms with Crippen LogP contribution in [0.25, 0.3) is 0 Å². The van der Waals surface area contributed by atoms with E-state index in [1.54, 1.807) is 20.8 Å². The zero-order valence-corrected chi connectivity index (χ0v) is 11.3. The highest BCUT2D eigenvalue weighted by molar-refractivity contribution is 7.88. The van der Waals surface area contributed by atoms with E-state index in [1.165, 1.54) is 24.3 Å². The number of nitrogens with one attached hydrogen (secondary N) is 1. The van der Waals surface area contributed by atoms with Crippen LogP contribution in [-0.2, 0) is 15.8 Å². The molecule has 18 heavy (non-hydrogen) atoms. The lowest BCUT2D eigenvalue weighted by Crippen LogP contribution is -2.41. The Hall–Kier alpha value is -1.47. The van der Waals surface area contributed by atoms with Crippen LogP contribution in [0.2, 0.25) is 0 Å². The summed E-state index contributed by atoms with van der Waals surface area (Å²) in [6.07, 6.45) is 0. The minimum Gasteiger partial charge on any atom is -0.258 e. The molecule has 0 amide bonds. The number of benzene rings is 1. The molecular weight excluding hydrogens is 256 g/mol. The Balaban J connectivity index is 2.82. The van der Waals surface area contributed by atoms with Crippen molar-refractivity contribution in [3.8, 4) is 0 Å². The molecule has 0 atom stereocenters. The van der Waals surface area contributed by atoms with E-state index in [-0.39, 0.29) is 11.4 Å². The second-order valence-corrected chi connectivity index (χ2v) is 6.76. The molecule has 0 spiro atoms. The topological polar surface area (TPSA) is 89.3 Å². The van der Waals surface area contributed by atoms with Gasteiger partial charge in [-0.15, -0.1) is 0 Å². The number of rotatable bonds is 4. The molecule has 0 saturated carbocycles. The van der Waals surface area contributed by atoms with Crippen molar-refractivity contribution in [1.82, 2.24) is 4.72 Å². The molecule has 0 aliphatic rings. The molecule has 0 aliphatic heterocycles. The van der Waals surface area contributed by atoms with Gasteiger partial charge in [-0.2, -0.15) is 0 Å². The van der Waals surface area contributed by atoms with E-state index in [0.717, 1.165) is 0 Å². The van der Waals surface area contributed by atoms with E-state index in [4.69, 9.17) is 0 Å². The van der Waals surface area contributed by atoms with Crippen molar-refractivity contribution >= 4 is 15.7 Å². The Morgan fingerprint density at radius 2 is 1.72 bits per heavy atom. The molecule has 0 fully saturated rings. The third kappa shape index (κ3) is 4.80. The predicted molar refractivity (Wildman–Crippen MR) is 68.6 cm³/mol. The van der Waals surface area contributed by atoms with Gasteiger partial charge in [0.1, 0.15) is 0 Å². The number of hydrogen-bond acceptors (Lipinski definition) is 4. The van der Waals surface area contributed by atoms with Gasteiger partial charge in [0.05, 0.1) is 10.7 Å². The van der Waals surface area contributed by atoms with Crippen molar-refractivity contribution in [2.45, 2.75) is 32.1 Å². The van der Waals surface area contributed by atoms with Crippen LogP contribution < -0.4 is 4.72 Å². The molecule has 0 aliphatic carbocycles. The third-order valence-electron chi connectivity index (χ3n) is 1.97. The zero-order valence-electron chi connectivity index (χ0n) is 10.5. The molecule has 0 unspecified atom stereocenters. The van der Waals surface area contributed by atoms with Gasteiger partial charge in [-0.05, 0) is 26.3 Å². The molecular formula is C11H16N2O4S. The maximum atomic E-state index is 11.8. The van der Waals surface area contributed by atoms with Crippen molar-refractivity contribution in [1.29, 1.82) is 0 Å². The van der Waals surface area contributed by atoms with Crippen LogP contribution >= 0.6 is 0 Å². The highest BCUT2D eigenvalue weighted by atomic mass is 32.2. The summed E-state index contributed by atoms with van der Waals surface area (Å²) in [5, 5.41) is 10.5. The standard InChI is InChI=1S/C11H16N2O4S/c1-11(2,3)12-18(16,17)8-9-4-6-10(7-5-9)13(14)15/h4-7,12H,8H2,1-3H3. The number of hydrogen-bond donors (Lipinski definition) is 1. The van der Waals surface area contributed by atoms with Crippen molar-refractivity contribution in [2.75, 3.05) is 0 Å². The summed E-state index contributed by atoms with van der Waals surface area (Å²) in [5.74, 6) is -0.192. The average Bonchev–Trinajstić information content (AvgIpc) is 2.13. The summed E-state index contributed by atoms with van der Waals surface area (Å²) in [4.78, 5) is 9.94. The Bertz CT molecular complexity index is 529. The smallest absolute Gasteiger partial charge is 0.258 e. The van der Waals surface area contributed by atoms with Gasteiger partial charge >= 0.3 is 0 Å². The first-order chi connectivity index (χ1) is 8.09. The minimum atomic E-state index is -3.45. The van der Waals surface area contributed by atoms with E-state index < -0.39 is 20.5 Å². The van der Waals surface area contributed by atoms with Crippen LogP contribution in [0.1, 0.15) is 26.3 Å². The number of nitro groups is 1. The van der Waals surface area contributed by atoms with E-state index in [0.29, 0.717) is 5.56 Å². The quantitative estimate of drug-likeness (QED) is 0.668. The summed E-state index contributed by atoms with van der Waals surface area (Å²) in [7, 11) is -3.45. The molecule has 100 valence electrons. The Morgan fingerprint density at radius 3 is 2.11 bits per heavy atom. The van der Waals surface area contributed by atoms with Crippen LogP contribution in [0.15, 0.2) is 24.3 Å². The lowest BCUT2D eigenvalue weighted by molar-refractivity contribution is -0.384. The third-order valence-corrected chi connectivity index (χ3v) is 3.60. The summed E-state index contributed by atoms with van der Waals surface area (Å²) in [6.45, 7) is 5.25. The maximum Gasteiger partial charge on any atom is 0.269 e. The average molecular weight is 272 g/mol. The maximum absolute atomic E-state index is 11.8. The Morgan fingerprint density at radius 1 is 1.22 bits per heavy atom. The molecule has 1 aromatic rings. The van der Waals surface area contributed by atoms with Gasteiger partial charge in [-0.25, -0.2) is 13.1 Å². The fourth-order valence-electron chi connectivity index (χ4n) is 1.44. The second-order valence-electron chi connectivity index (χ2n) is 5.03. The van der Waals surface area contributed by atoms with Gasteiger partial charge in [-0.1, -0.05) is 12.1 Å². The van der Waals surface area contributed by atoms with Crippen molar-refractivity contribution in [3.05, 3.63) is 39.9 Å². The Labute approximate surface area is 106 Å². The molecule has 0 heterocycles. The van der Waals surface area contributed by atoms with Crippen LogP contribution in [0, 0.1) is 10.1 Å². The molecule has 1 rings (SSSR count).